The molecule has 6 rings (SSSR count). The molecule has 0 heterocycles. The number of rotatable bonds is 4. The normalized spacial score (nSPS) is 11.0. The van der Waals surface area contributed by atoms with Crippen molar-refractivity contribution in [3.63, 3.8) is 0 Å². The van der Waals surface area contributed by atoms with Crippen LogP contribution in [0.3, 0.4) is 0 Å². The minimum atomic E-state index is 1.08. The van der Waals surface area contributed by atoms with Crippen LogP contribution in [0.1, 0.15) is 0 Å². The first-order valence-electron chi connectivity index (χ1n) is 11.3. The molecule has 0 saturated carbocycles. The molecule has 0 radical (unpaired) electrons. The van der Waals surface area contributed by atoms with Crippen molar-refractivity contribution in [3.05, 3.63) is 133 Å². The lowest BCUT2D eigenvalue weighted by atomic mass is 9.97. The predicted octanol–water partition coefficient (Wildman–Crippen LogP) is 9.07. The second-order valence-electron chi connectivity index (χ2n) is 8.34. The monoisotopic (exact) mass is 421 g/mol. The van der Waals surface area contributed by atoms with Crippen LogP contribution in [-0.2, 0) is 0 Å². The molecule has 1 nitrogen and oxygen atoms in total. The maximum atomic E-state index is 3.62. The highest BCUT2D eigenvalue weighted by molar-refractivity contribution is 5.98. The Labute approximate surface area is 194 Å². The van der Waals surface area contributed by atoms with Crippen molar-refractivity contribution in [2.24, 2.45) is 0 Å². The first kappa shape index (κ1) is 19.3. The zero-order valence-corrected chi connectivity index (χ0v) is 18.2. The Morgan fingerprint density at radius 1 is 0.364 bits per heavy atom. The smallest absolute Gasteiger partial charge is 0.0390 e. The van der Waals surface area contributed by atoms with Crippen molar-refractivity contribution >= 4 is 32.9 Å². The van der Waals surface area contributed by atoms with E-state index in [0.717, 1.165) is 11.4 Å². The summed E-state index contributed by atoms with van der Waals surface area (Å²) in [5.41, 5.74) is 7.08. The summed E-state index contributed by atoms with van der Waals surface area (Å²) in [6.45, 7) is 0. The topological polar surface area (TPSA) is 12.0 Å². The molecular formula is C32H23N. The predicted molar refractivity (Wildman–Crippen MR) is 142 cm³/mol. The minimum absolute atomic E-state index is 1.08. The van der Waals surface area contributed by atoms with Crippen LogP contribution in [0.25, 0.3) is 43.8 Å². The van der Waals surface area contributed by atoms with Gasteiger partial charge < -0.3 is 5.32 Å². The molecule has 0 amide bonds. The summed E-state index contributed by atoms with van der Waals surface area (Å²) in [4.78, 5) is 0. The van der Waals surface area contributed by atoms with E-state index in [9.17, 15) is 0 Å². The number of hydrogen-bond acceptors (Lipinski definition) is 1. The van der Waals surface area contributed by atoms with Gasteiger partial charge in [0.05, 0.1) is 0 Å². The number of fused-ring (bicyclic) bond motifs is 2. The number of anilines is 2. The van der Waals surface area contributed by atoms with Gasteiger partial charge in [-0.05, 0) is 68.1 Å². The molecule has 0 saturated heterocycles. The van der Waals surface area contributed by atoms with E-state index in [1.165, 1.54) is 43.8 Å². The van der Waals surface area contributed by atoms with E-state index < -0.39 is 0 Å². The van der Waals surface area contributed by atoms with Crippen LogP contribution >= 0.6 is 0 Å². The fraction of sp³-hybridized carbons (Fsp3) is 0. The van der Waals surface area contributed by atoms with Crippen LogP contribution in [-0.4, -0.2) is 0 Å². The largest absolute Gasteiger partial charge is 0.355 e. The van der Waals surface area contributed by atoms with Crippen molar-refractivity contribution in [2.75, 3.05) is 5.32 Å². The summed E-state index contributed by atoms with van der Waals surface area (Å²) in [7, 11) is 0. The average molecular weight is 422 g/mol. The Morgan fingerprint density at radius 2 is 0.788 bits per heavy atom. The standard InChI is InChI=1S/C32H23N/c1-3-17-29-23(9-1)11-7-19-31(29)25-13-5-15-27(21-25)33-28-16-6-14-26(22-28)32-20-8-12-24-10-2-4-18-30(24)32/h1-22,33H. The molecule has 156 valence electrons. The summed E-state index contributed by atoms with van der Waals surface area (Å²) in [5.74, 6) is 0. The van der Waals surface area contributed by atoms with Crippen LogP contribution < -0.4 is 5.32 Å². The third-order valence-corrected chi connectivity index (χ3v) is 6.22. The highest BCUT2D eigenvalue weighted by Gasteiger charge is 2.07. The van der Waals surface area contributed by atoms with Crippen molar-refractivity contribution in [3.8, 4) is 22.3 Å². The summed E-state index contributed by atoms with van der Waals surface area (Å²) < 4.78 is 0. The van der Waals surface area contributed by atoms with Gasteiger partial charge in [0.1, 0.15) is 0 Å². The third kappa shape index (κ3) is 3.75. The first-order valence-corrected chi connectivity index (χ1v) is 11.3. The number of hydrogen-bond donors (Lipinski definition) is 1. The Bertz CT molecular complexity index is 1460. The average Bonchev–Trinajstić information content (AvgIpc) is 2.88. The summed E-state index contributed by atoms with van der Waals surface area (Å²) >= 11 is 0. The van der Waals surface area contributed by atoms with E-state index in [1.54, 1.807) is 0 Å². The van der Waals surface area contributed by atoms with Gasteiger partial charge >= 0.3 is 0 Å². The van der Waals surface area contributed by atoms with Crippen LogP contribution in [0.4, 0.5) is 11.4 Å². The van der Waals surface area contributed by atoms with Gasteiger partial charge in [-0.1, -0.05) is 109 Å². The van der Waals surface area contributed by atoms with Crippen LogP contribution in [0.2, 0.25) is 0 Å². The first-order chi connectivity index (χ1) is 16.3. The molecule has 6 aromatic carbocycles. The van der Waals surface area contributed by atoms with Crippen molar-refractivity contribution in [1.82, 2.24) is 0 Å². The Morgan fingerprint density at radius 3 is 1.30 bits per heavy atom. The molecule has 1 N–H and O–H groups in total. The molecule has 6 aromatic rings. The Balaban J connectivity index is 1.36. The van der Waals surface area contributed by atoms with Crippen molar-refractivity contribution in [1.29, 1.82) is 0 Å². The van der Waals surface area contributed by atoms with E-state index in [1.807, 2.05) is 0 Å². The van der Waals surface area contributed by atoms with Gasteiger partial charge in [-0.25, -0.2) is 0 Å². The fourth-order valence-electron chi connectivity index (χ4n) is 4.65. The second kappa shape index (κ2) is 8.29. The van der Waals surface area contributed by atoms with Gasteiger partial charge in [0.25, 0.3) is 0 Å². The fourth-order valence-corrected chi connectivity index (χ4v) is 4.65. The summed E-state index contributed by atoms with van der Waals surface area (Å²) in [6, 6.07) is 47.4. The molecule has 0 aliphatic rings. The van der Waals surface area contributed by atoms with Crippen molar-refractivity contribution < 1.29 is 0 Å². The minimum Gasteiger partial charge on any atom is -0.355 e. The molecule has 33 heavy (non-hydrogen) atoms. The van der Waals surface area contributed by atoms with Gasteiger partial charge in [0.15, 0.2) is 0 Å². The quantitative estimate of drug-likeness (QED) is 0.299. The molecule has 0 atom stereocenters. The summed E-state index contributed by atoms with van der Waals surface area (Å²) in [5, 5.41) is 8.69. The zero-order valence-electron chi connectivity index (χ0n) is 18.2. The number of nitrogens with one attached hydrogen (secondary N) is 1. The SMILES string of the molecule is c1cc(Nc2cccc(-c3cccc4ccccc34)c2)cc(-c2cccc3ccccc23)c1. The molecular weight excluding hydrogens is 398 g/mol. The zero-order chi connectivity index (χ0) is 22.0. The lowest BCUT2D eigenvalue weighted by Crippen LogP contribution is -1.92. The van der Waals surface area contributed by atoms with E-state index in [4.69, 9.17) is 0 Å². The highest BCUT2D eigenvalue weighted by atomic mass is 14.9. The molecule has 0 aliphatic heterocycles. The Kier molecular flexibility index (Phi) is 4.86. The van der Waals surface area contributed by atoms with E-state index >= 15 is 0 Å². The second-order valence-corrected chi connectivity index (χ2v) is 8.34. The molecule has 0 spiro atoms. The molecule has 0 fully saturated rings. The van der Waals surface area contributed by atoms with Crippen LogP contribution in [0, 0.1) is 0 Å². The lowest BCUT2D eigenvalue weighted by molar-refractivity contribution is 1.54. The Hall–Kier alpha value is -4.36. The van der Waals surface area contributed by atoms with Crippen molar-refractivity contribution in [2.45, 2.75) is 0 Å². The molecule has 0 aliphatic carbocycles. The molecule has 0 bridgehead atoms. The van der Waals surface area contributed by atoms with Gasteiger partial charge in [0, 0.05) is 11.4 Å². The third-order valence-electron chi connectivity index (χ3n) is 6.22. The maximum Gasteiger partial charge on any atom is 0.0390 e. The van der Waals surface area contributed by atoms with Gasteiger partial charge in [-0.15, -0.1) is 0 Å². The number of benzene rings is 6. The van der Waals surface area contributed by atoms with Gasteiger partial charge in [-0.2, -0.15) is 0 Å². The van der Waals surface area contributed by atoms with E-state index in [0.29, 0.717) is 0 Å². The van der Waals surface area contributed by atoms with Crippen LogP contribution in [0.5, 0.6) is 0 Å². The highest BCUT2D eigenvalue weighted by Crippen LogP contribution is 2.33. The molecule has 0 unspecified atom stereocenters. The van der Waals surface area contributed by atoms with Gasteiger partial charge in [-0.3, -0.25) is 0 Å². The maximum absolute atomic E-state index is 3.62. The molecule has 0 aromatic heterocycles. The molecule has 1 heteroatoms. The van der Waals surface area contributed by atoms with E-state index in [-0.39, 0.29) is 0 Å². The van der Waals surface area contributed by atoms with Crippen LogP contribution in [0.15, 0.2) is 133 Å². The summed E-state index contributed by atoms with van der Waals surface area (Å²) in [6.07, 6.45) is 0. The lowest BCUT2D eigenvalue weighted by Gasteiger charge is -2.12. The van der Waals surface area contributed by atoms with E-state index in [2.05, 4.69) is 139 Å². The van der Waals surface area contributed by atoms with Gasteiger partial charge in [0.2, 0.25) is 0 Å².